The van der Waals surface area contributed by atoms with Crippen LogP contribution in [0.3, 0.4) is 0 Å². The van der Waals surface area contributed by atoms with Gasteiger partial charge in [-0.15, -0.1) is 0 Å². The van der Waals surface area contributed by atoms with Crippen LogP contribution in [-0.4, -0.2) is 19.0 Å². The predicted octanol–water partition coefficient (Wildman–Crippen LogP) is 1.58. The Bertz CT molecular complexity index is 760. The minimum Gasteiger partial charge on any atom is -1.00 e. The maximum absolute atomic E-state index is 6.15. The van der Waals surface area contributed by atoms with Crippen molar-refractivity contribution in [2.24, 2.45) is 4.99 Å². The quantitative estimate of drug-likeness (QED) is 0.803. The molecule has 4 rings (SSSR count). The normalized spacial score (nSPS) is 15.7. The van der Waals surface area contributed by atoms with Gasteiger partial charge in [0, 0.05) is 13.1 Å². The van der Waals surface area contributed by atoms with E-state index < -0.39 is 0 Å². The fourth-order valence-corrected chi connectivity index (χ4v) is 3.38. The molecule has 3 nitrogen and oxygen atoms in total. The summed E-state index contributed by atoms with van der Waals surface area (Å²) in [6.07, 6.45) is 1.10. The highest BCUT2D eigenvalue weighted by Crippen LogP contribution is 2.39. The molecule has 0 bridgehead atoms. The van der Waals surface area contributed by atoms with Crippen molar-refractivity contribution in [1.29, 1.82) is 0 Å². The van der Waals surface area contributed by atoms with Gasteiger partial charge in [0.05, 0.1) is 28.0 Å². The summed E-state index contributed by atoms with van der Waals surface area (Å²) in [5.74, 6) is 1.04. The van der Waals surface area contributed by atoms with E-state index in [0.29, 0.717) is 10.0 Å². The molecule has 2 aliphatic rings. The van der Waals surface area contributed by atoms with Crippen molar-refractivity contribution < 1.29 is 12.4 Å². The monoisotopic (exact) mass is 366 g/mol. The van der Waals surface area contributed by atoms with E-state index in [1.807, 2.05) is 18.2 Å². The van der Waals surface area contributed by atoms with Gasteiger partial charge in [0.15, 0.2) is 0 Å². The van der Waals surface area contributed by atoms with Crippen LogP contribution in [0.5, 0.6) is 0 Å². The third kappa shape index (κ3) is 2.89. The van der Waals surface area contributed by atoms with Crippen molar-refractivity contribution >= 4 is 40.5 Å². The van der Waals surface area contributed by atoms with Crippen LogP contribution in [0.1, 0.15) is 12.0 Å². The third-order valence-electron chi connectivity index (χ3n) is 4.06. The Morgan fingerprint density at radius 1 is 1.00 bits per heavy atom. The zero-order valence-corrected chi connectivity index (χ0v) is 14.6. The highest BCUT2D eigenvalue weighted by Gasteiger charge is 2.33. The molecule has 0 atom stereocenters. The summed E-state index contributed by atoms with van der Waals surface area (Å²) >= 11 is 12.2. The van der Waals surface area contributed by atoms with Gasteiger partial charge in [-0.05, 0) is 36.2 Å². The molecule has 6 heteroatoms. The number of fused-ring (bicyclic) bond motifs is 3. The van der Waals surface area contributed by atoms with Gasteiger partial charge in [-0.3, -0.25) is 4.99 Å². The minimum absolute atomic E-state index is 0. The zero-order valence-electron chi connectivity index (χ0n) is 12.3. The Balaban J connectivity index is 0.00000156. The van der Waals surface area contributed by atoms with Crippen LogP contribution < -0.4 is 22.2 Å². The van der Waals surface area contributed by atoms with E-state index in [9.17, 15) is 0 Å². The second-order valence-electron chi connectivity index (χ2n) is 5.51. The second-order valence-corrected chi connectivity index (χ2v) is 6.32. The van der Waals surface area contributed by atoms with E-state index in [4.69, 9.17) is 28.2 Å². The first-order chi connectivity index (χ1) is 10.7. The van der Waals surface area contributed by atoms with Crippen molar-refractivity contribution in [3.63, 3.8) is 0 Å². The van der Waals surface area contributed by atoms with Crippen molar-refractivity contribution in [3.05, 3.63) is 58.1 Å². The number of hydrogen-bond acceptors (Lipinski definition) is 3. The molecule has 0 aromatic heterocycles. The van der Waals surface area contributed by atoms with Crippen LogP contribution in [0.25, 0.3) is 0 Å². The summed E-state index contributed by atoms with van der Waals surface area (Å²) in [4.78, 5) is 9.29. The van der Waals surface area contributed by atoms with Gasteiger partial charge in [0.1, 0.15) is 0 Å². The first kappa shape index (κ1) is 16.4. The van der Waals surface area contributed by atoms with Crippen LogP contribution in [-0.2, 0) is 6.54 Å². The lowest BCUT2D eigenvalue weighted by Crippen LogP contribution is -3.00. The largest absolute Gasteiger partial charge is 1.00 e. The predicted molar refractivity (Wildman–Crippen MR) is 93.4 cm³/mol. The number of rotatable bonds is 2. The summed E-state index contributed by atoms with van der Waals surface area (Å²) in [5, 5.41) is 1.18. The van der Waals surface area contributed by atoms with Crippen LogP contribution in [0.4, 0.5) is 11.4 Å². The van der Waals surface area contributed by atoms with Crippen LogP contribution in [0, 0.1) is 0 Å². The molecule has 2 aromatic carbocycles. The number of para-hydroxylation sites is 2. The zero-order chi connectivity index (χ0) is 15.1. The van der Waals surface area contributed by atoms with Crippen LogP contribution >= 0.6 is 23.2 Å². The van der Waals surface area contributed by atoms with Crippen molar-refractivity contribution in [3.8, 4) is 0 Å². The Hall–Kier alpha value is -1.42. The fraction of sp³-hybridized carbons (Fsp3) is 0.235. The van der Waals surface area contributed by atoms with Gasteiger partial charge < -0.3 is 22.2 Å². The number of nitrogens with zero attached hydrogens (tertiary/aromatic N) is 3. The summed E-state index contributed by atoms with van der Waals surface area (Å²) in [6.45, 7) is 2.65. The first-order valence-electron chi connectivity index (χ1n) is 7.36. The average molecular weight is 368 g/mol. The number of anilines is 2. The lowest BCUT2D eigenvalue weighted by atomic mass is 10.2. The van der Waals surface area contributed by atoms with Crippen molar-refractivity contribution in [2.45, 2.75) is 13.0 Å². The molecule has 0 saturated heterocycles. The standard InChI is InChI=1S/C17H15Cl2N3.ClH/c18-13-7-6-12(10-14(13)19)11-22-16-5-2-1-4-15(16)21-9-3-8-20-17(21)22;/h1-2,4-7,10H,3,8-9,11H2;1H/p-1. The molecule has 2 aromatic rings. The van der Waals surface area contributed by atoms with E-state index in [1.165, 1.54) is 11.4 Å². The molecule has 0 radical (unpaired) electrons. The van der Waals surface area contributed by atoms with Gasteiger partial charge in [0.2, 0.25) is 5.96 Å². The molecule has 120 valence electrons. The molecular formula is C17H15Cl3N3-. The van der Waals surface area contributed by atoms with Gasteiger partial charge in [-0.25, -0.2) is 0 Å². The molecule has 0 spiro atoms. The van der Waals surface area contributed by atoms with Crippen LogP contribution in [0.15, 0.2) is 47.5 Å². The lowest BCUT2D eigenvalue weighted by Gasteiger charge is -2.27. The molecular weight excluding hydrogens is 353 g/mol. The van der Waals surface area contributed by atoms with Gasteiger partial charge >= 0.3 is 0 Å². The molecule has 0 fully saturated rings. The molecule has 0 amide bonds. The Labute approximate surface area is 151 Å². The van der Waals surface area contributed by atoms with E-state index in [2.05, 4.69) is 34.1 Å². The van der Waals surface area contributed by atoms with Gasteiger partial charge in [0.25, 0.3) is 0 Å². The number of aliphatic imine (C=N–C) groups is 1. The van der Waals surface area contributed by atoms with E-state index in [1.54, 1.807) is 0 Å². The topological polar surface area (TPSA) is 18.8 Å². The van der Waals surface area contributed by atoms with Gasteiger partial charge in [-0.1, -0.05) is 41.4 Å². The second kappa shape index (κ2) is 6.60. The molecule has 0 aliphatic carbocycles. The molecule has 0 unspecified atom stereocenters. The maximum Gasteiger partial charge on any atom is 0.206 e. The molecule has 0 N–H and O–H groups in total. The smallest absolute Gasteiger partial charge is 0.206 e. The third-order valence-corrected chi connectivity index (χ3v) is 4.80. The number of guanidine groups is 1. The minimum atomic E-state index is 0. The van der Waals surface area contributed by atoms with Crippen molar-refractivity contribution in [1.82, 2.24) is 0 Å². The Kier molecular flexibility index (Phi) is 4.72. The fourth-order valence-electron chi connectivity index (χ4n) is 3.06. The summed E-state index contributed by atoms with van der Waals surface area (Å²) in [7, 11) is 0. The molecule has 0 saturated carbocycles. The first-order valence-corrected chi connectivity index (χ1v) is 8.12. The summed E-state index contributed by atoms with van der Waals surface area (Å²) in [6, 6.07) is 14.2. The maximum atomic E-state index is 6.15. The SMILES string of the molecule is Clc1ccc(CN2C3=NCCCN3c3ccccc32)cc1Cl.[Cl-]. The lowest BCUT2D eigenvalue weighted by molar-refractivity contribution is -0.00000413. The Morgan fingerprint density at radius 3 is 2.57 bits per heavy atom. The molecule has 2 aliphatic heterocycles. The highest BCUT2D eigenvalue weighted by atomic mass is 35.5. The summed E-state index contributed by atoms with van der Waals surface area (Å²) in [5.41, 5.74) is 3.56. The van der Waals surface area contributed by atoms with E-state index >= 15 is 0 Å². The summed E-state index contributed by atoms with van der Waals surface area (Å²) < 4.78 is 0. The molecule has 2 heterocycles. The van der Waals surface area contributed by atoms with Crippen LogP contribution in [0.2, 0.25) is 10.0 Å². The Morgan fingerprint density at radius 2 is 1.78 bits per heavy atom. The van der Waals surface area contributed by atoms with E-state index in [0.717, 1.165) is 37.6 Å². The number of hydrogen-bond donors (Lipinski definition) is 0. The molecule has 23 heavy (non-hydrogen) atoms. The average Bonchev–Trinajstić information content (AvgIpc) is 2.86. The van der Waals surface area contributed by atoms with Crippen molar-refractivity contribution in [2.75, 3.05) is 22.9 Å². The van der Waals surface area contributed by atoms with Gasteiger partial charge in [-0.2, -0.15) is 0 Å². The highest BCUT2D eigenvalue weighted by molar-refractivity contribution is 6.42. The number of halogens is 3. The van der Waals surface area contributed by atoms with E-state index in [-0.39, 0.29) is 12.4 Å². The number of benzene rings is 2.